The highest BCUT2D eigenvalue weighted by Gasteiger charge is 2.52. The Morgan fingerprint density at radius 2 is 1.85 bits per heavy atom. The zero-order valence-corrected chi connectivity index (χ0v) is 11.3. The van der Waals surface area contributed by atoms with Gasteiger partial charge in [0.25, 0.3) is 0 Å². The molecule has 4 nitrogen and oxygen atoms in total. The van der Waals surface area contributed by atoms with E-state index in [1.807, 2.05) is 0 Å². The number of nitrogens with zero attached hydrogens (tertiary/aromatic N) is 1. The largest absolute Gasteiger partial charge is 0.326 e. The molecule has 1 aromatic rings. The molecule has 0 spiro atoms. The van der Waals surface area contributed by atoms with Gasteiger partial charge in [0.2, 0.25) is 11.8 Å². The molecule has 2 atom stereocenters. The van der Waals surface area contributed by atoms with Crippen molar-refractivity contribution in [3.8, 4) is 0 Å². The van der Waals surface area contributed by atoms with Gasteiger partial charge >= 0.3 is 0 Å². The Kier molecular flexibility index (Phi) is 3.09. The van der Waals surface area contributed by atoms with Crippen molar-refractivity contribution in [2.24, 2.45) is 23.5 Å². The lowest BCUT2D eigenvalue weighted by Crippen LogP contribution is -2.33. The summed E-state index contributed by atoms with van der Waals surface area (Å²) in [5.41, 5.74) is 6.09. The van der Waals surface area contributed by atoms with Crippen molar-refractivity contribution in [1.29, 1.82) is 0 Å². The molecule has 2 unspecified atom stereocenters. The number of fused-ring (bicyclic) bond motifs is 1. The van der Waals surface area contributed by atoms with Crippen LogP contribution in [0.3, 0.4) is 0 Å². The van der Waals surface area contributed by atoms with Gasteiger partial charge in [0.05, 0.1) is 17.5 Å². The summed E-state index contributed by atoms with van der Waals surface area (Å²) in [7, 11) is 0. The van der Waals surface area contributed by atoms with Crippen LogP contribution in [-0.4, -0.2) is 11.8 Å². The summed E-state index contributed by atoms with van der Waals surface area (Å²) in [6.45, 7) is 2.02. The lowest BCUT2D eigenvalue weighted by atomic mass is 10.00. The van der Waals surface area contributed by atoms with Crippen molar-refractivity contribution in [2.45, 2.75) is 26.3 Å². The van der Waals surface area contributed by atoms with Crippen LogP contribution in [0.2, 0.25) is 0 Å². The minimum Gasteiger partial charge on any atom is -0.326 e. The van der Waals surface area contributed by atoms with Gasteiger partial charge in [-0.25, -0.2) is 9.29 Å². The van der Waals surface area contributed by atoms with Crippen LogP contribution in [-0.2, 0) is 16.1 Å². The van der Waals surface area contributed by atoms with Gasteiger partial charge in [-0.1, -0.05) is 13.0 Å². The maximum atomic E-state index is 13.8. The van der Waals surface area contributed by atoms with Crippen molar-refractivity contribution < 1.29 is 14.0 Å². The zero-order chi connectivity index (χ0) is 14.4. The lowest BCUT2D eigenvalue weighted by molar-refractivity contribution is -0.123. The number of anilines is 1. The van der Waals surface area contributed by atoms with Gasteiger partial charge in [0, 0.05) is 12.1 Å². The molecule has 2 N–H and O–H groups in total. The van der Waals surface area contributed by atoms with Crippen LogP contribution in [0, 0.1) is 23.6 Å². The fourth-order valence-corrected chi connectivity index (χ4v) is 3.47. The molecule has 1 aliphatic heterocycles. The first-order valence-corrected chi connectivity index (χ1v) is 6.89. The van der Waals surface area contributed by atoms with E-state index in [0.717, 1.165) is 17.7 Å². The minimum atomic E-state index is -0.476. The first kappa shape index (κ1) is 13.2. The Hall–Kier alpha value is -1.75. The van der Waals surface area contributed by atoms with Crippen molar-refractivity contribution in [3.63, 3.8) is 0 Å². The second kappa shape index (κ2) is 4.66. The summed E-state index contributed by atoms with van der Waals surface area (Å²) < 4.78 is 13.8. The Morgan fingerprint density at radius 3 is 2.40 bits per heavy atom. The molecule has 20 heavy (non-hydrogen) atoms. The molecule has 2 aliphatic rings. The Morgan fingerprint density at radius 1 is 1.25 bits per heavy atom. The maximum absolute atomic E-state index is 13.8. The number of imide groups is 1. The molecule has 0 bridgehead atoms. The van der Waals surface area contributed by atoms with Crippen LogP contribution >= 0.6 is 0 Å². The fraction of sp³-hybridized carbons (Fsp3) is 0.467. The van der Waals surface area contributed by atoms with Gasteiger partial charge in [-0.2, -0.15) is 0 Å². The zero-order valence-electron chi connectivity index (χ0n) is 11.3. The van der Waals surface area contributed by atoms with Crippen LogP contribution in [0.4, 0.5) is 10.1 Å². The molecule has 2 fully saturated rings. The van der Waals surface area contributed by atoms with E-state index in [0.29, 0.717) is 11.6 Å². The molecule has 106 valence electrons. The molecule has 1 saturated heterocycles. The highest BCUT2D eigenvalue weighted by atomic mass is 19.1. The summed E-state index contributed by atoms with van der Waals surface area (Å²) in [4.78, 5) is 26.1. The Labute approximate surface area is 116 Å². The molecule has 3 rings (SSSR count). The summed E-state index contributed by atoms with van der Waals surface area (Å²) in [5.74, 6) is -0.982. The standard InChI is InChI=1S/C15H17FN2O2/c1-8-5-9-10(6-8)15(20)18(14(9)19)13-4-2-3-12(16)11(13)7-17/h2-4,8-10H,5-7,17H2,1H3. The van der Waals surface area contributed by atoms with Gasteiger partial charge in [-0.3, -0.25) is 9.59 Å². The molecule has 1 saturated carbocycles. The van der Waals surface area contributed by atoms with E-state index in [2.05, 4.69) is 6.92 Å². The number of hydrogen-bond acceptors (Lipinski definition) is 3. The molecule has 1 heterocycles. The smallest absolute Gasteiger partial charge is 0.237 e. The Bertz CT molecular complexity index is 563. The minimum absolute atomic E-state index is 0.0369. The van der Waals surface area contributed by atoms with Gasteiger partial charge in [0.1, 0.15) is 5.82 Å². The first-order chi connectivity index (χ1) is 9.54. The van der Waals surface area contributed by atoms with E-state index in [1.165, 1.54) is 12.1 Å². The molecule has 0 radical (unpaired) electrons. The number of rotatable bonds is 2. The number of nitrogens with two attached hydrogens (primary N) is 1. The summed E-state index contributed by atoms with van der Waals surface area (Å²) in [6, 6.07) is 4.38. The van der Waals surface area contributed by atoms with E-state index in [9.17, 15) is 14.0 Å². The number of benzene rings is 1. The fourth-order valence-electron chi connectivity index (χ4n) is 3.47. The molecule has 5 heteroatoms. The number of amides is 2. The summed E-state index contributed by atoms with van der Waals surface area (Å²) in [5, 5.41) is 0. The van der Waals surface area contributed by atoms with Gasteiger partial charge in [0.15, 0.2) is 0 Å². The third-order valence-electron chi connectivity index (χ3n) is 4.41. The predicted octanol–water partition coefficient (Wildman–Crippen LogP) is 1.82. The van der Waals surface area contributed by atoms with Crippen LogP contribution in [0.25, 0.3) is 0 Å². The summed E-state index contributed by atoms with van der Waals surface area (Å²) >= 11 is 0. The average molecular weight is 276 g/mol. The van der Waals surface area contributed by atoms with E-state index in [-0.39, 0.29) is 35.8 Å². The molecular weight excluding hydrogens is 259 g/mol. The first-order valence-electron chi connectivity index (χ1n) is 6.89. The highest BCUT2D eigenvalue weighted by Crippen LogP contribution is 2.44. The van der Waals surface area contributed by atoms with E-state index < -0.39 is 5.82 Å². The normalized spacial score (nSPS) is 29.1. The van der Waals surface area contributed by atoms with Gasteiger partial charge in [-0.05, 0) is 30.9 Å². The van der Waals surface area contributed by atoms with Crippen molar-refractivity contribution in [2.75, 3.05) is 4.90 Å². The lowest BCUT2D eigenvalue weighted by Gasteiger charge is -2.20. The average Bonchev–Trinajstić information content (AvgIpc) is 2.89. The molecule has 1 aromatic carbocycles. The number of carbonyl (C=O) groups excluding carboxylic acids is 2. The SMILES string of the molecule is CC1CC2C(=O)N(c3cccc(F)c3CN)C(=O)C2C1. The number of carbonyl (C=O) groups is 2. The second-order valence-corrected chi connectivity index (χ2v) is 5.74. The molecular formula is C15H17FN2O2. The van der Waals surface area contributed by atoms with E-state index in [4.69, 9.17) is 5.73 Å². The predicted molar refractivity (Wildman–Crippen MR) is 72.2 cm³/mol. The van der Waals surface area contributed by atoms with Crippen LogP contribution in [0.15, 0.2) is 18.2 Å². The topological polar surface area (TPSA) is 63.4 Å². The van der Waals surface area contributed by atoms with Gasteiger partial charge < -0.3 is 5.73 Å². The van der Waals surface area contributed by atoms with Crippen molar-refractivity contribution in [1.82, 2.24) is 0 Å². The van der Waals surface area contributed by atoms with E-state index in [1.54, 1.807) is 6.07 Å². The quantitative estimate of drug-likeness (QED) is 0.838. The number of halogens is 1. The summed E-state index contributed by atoms with van der Waals surface area (Å²) in [6.07, 6.45) is 1.47. The molecule has 2 amide bonds. The van der Waals surface area contributed by atoms with Crippen LogP contribution in [0.1, 0.15) is 25.3 Å². The van der Waals surface area contributed by atoms with Gasteiger partial charge in [-0.15, -0.1) is 0 Å². The van der Waals surface area contributed by atoms with Crippen LogP contribution < -0.4 is 10.6 Å². The monoisotopic (exact) mass is 276 g/mol. The third kappa shape index (κ3) is 1.77. The van der Waals surface area contributed by atoms with Crippen molar-refractivity contribution >= 4 is 17.5 Å². The third-order valence-corrected chi connectivity index (χ3v) is 4.41. The molecule has 1 aliphatic carbocycles. The maximum Gasteiger partial charge on any atom is 0.237 e. The Balaban J connectivity index is 2.02. The molecule has 0 aromatic heterocycles. The number of hydrogen-bond donors (Lipinski definition) is 1. The van der Waals surface area contributed by atoms with Crippen molar-refractivity contribution in [3.05, 3.63) is 29.6 Å². The van der Waals surface area contributed by atoms with Crippen LogP contribution in [0.5, 0.6) is 0 Å². The highest BCUT2D eigenvalue weighted by molar-refractivity contribution is 6.22. The van der Waals surface area contributed by atoms with E-state index >= 15 is 0 Å². The second-order valence-electron chi connectivity index (χ2n) is 5.74.